The number of amides is 1. The van der Waals surface area contributed by atoms with E-state index in [1.165, 1.54) is 11.3 Å². The molecular weight excluding hydrogens is 312 g/mol. The number of aromatic nitrogens is 4. The summed E-state index contributed by atoms with van der Waals surface area (Å²) in [5.41, 5.74) is 1.12. The van der Waals surface area contributed by atoms with Crippen LogP contribution in [-0.2, 0) is 0 Å². The number of aryl methyl sites for hydroxylation is 2. The lowest BCUT2D eigenvalue weighted by Gasteiger charge is -2.06. The van der Waals surface area contributed by atoms with Gasteiger partial charge >= 0.3 is 0 Å². The average Bonchev–Trinajstić information content (AvgIpc) is 2.89. The molecule has 0 aliphatic heterocycles. The molecule has 0 aliphatic rings. The standard InChI is InChI=1S/C15H14N6OS/c1-9-5-3-6-11(18-9)20-13(22)12-14(23-10(2)19-12)21-15-16-7-4-8-17-15/h3-8H,1-2H3,(H,16,17,21)(H,18,20,22). The predicted molar refractivity (Wildman–Crippen MR) is 89.1 cm³/mol. The first-order valence-corrected chi connectivity index (χ1v) is 7.70. The van der Waals surface area contributed by atoms with Crippen molar-refractivity contribution in [2.24, 2.45) is 0 Å². The molecule has 0 saturated heterocycles. The Bertz CT molecular complexity index is 833. The van der Waals surface area contributed by atoms with E-state index in [1.807, 2.05) is 26.0 Å². The number of nitrogens with one attached hydrogen (secondary N) is 2. The van der Waals surface area contributed by atoms with Crippen molar-refractivity contribution in [2.75, 3.05) is 10.6 Å². The fourth-order valence-corrected chi connectivity index (χ4v) is 2.73. The summed E-state index contributed by atoms with van der Waals surface area (Å²) >= 11 is 1.37. The topological polar surface area (TPSA) is 92.7 Å². The smallest absolute Gasteiger partial charge is 0.278 e. The van der Waals surface area contributed by atoms with Crippen molar-refractivity contribution in [1.29, 1.82) is 0 Å². The highest BCUT2D eigenvalue weighted by atomic mass is 32.1. The molecule has 0 unspecified atom stereocenters. The van der Waals surface area contributed by atoms with Crippen molar-refractivity contribution < 1.29 is 4.79 Å². The van der Waals surface area contributed by atoms with Gasteiger partial charge in [0.05, 0.1) is 5.01 Å². The molecule has 0 atom stereocenters. The second-order valence-electron chi connectivity index (χ2n) is 4.73. The van der Waals surface area contributed by atoms with Crippen molar-refractivity contribution in [1.82, 2.24) is 19.9 Å². The molecule has 3 aromatic heterocycles. The summed E-state index contributed by atoms with van der Waals surface area (Å²) in [7, 11) is 0. The minimum Gasteiger partial charge on any atom is -0.314 e. The van der Waals surface area contributed by atoms with Crippen LogP contribution in [0.25, 0.3) is 0 Å². The van der Waals surface area contributed by atoms with E-state index in [4.69, 9.17) is 0 Å². The van der Waals surface area contributed by atoms with Crippen LogP contribution < -0.4 is 10.6 Å². The molecule has 0 radical (unpaired) electrons. The molecule has 1 amide bonds. The predicted octanol–water partition coefficient (Wildman–Crippen LogP) is 2.94. The third-order valence-corrected chi connectivity index (χ3v) is 3.76. The molecule has 7 nitrogen and oxygen atoms in total. The van der Waals surface area contributed by atoms with Gasteiger partial charge in [0.15, 0.2) is 5.69 Å². The molecule has 0 spiro atoms. The maximum Gasteiger partial charge on any atom is 0.278 e. The molecule has 0 bridgehead atoms. The first kappa shape index (κ1) is 15.0. The molecule has 23 heavy (non-hydrogen) atoms. The van der Waals surface area contributed by atoms with E-state index in [1.54, 1.807) is 24.5 Å². The zero-order chi connectivity index (χ0) is 16.2. The molecule has 8 heteroatoms. The average molecular weight is 326 g/mol. The Morgan fingerprint density at radius 2 is 1.87 bits per heavy atom. The fraction of sp³-hybridized carbons (Fsp3) is 0.133. The zero-order valence-electron chi connectivity index (χ0n) is 12.6. The summed E-state index contributed by atoms with van der Waals surface area (Å²) in [4.78, 5) is 29.2. The number of rotatable bonds is 4. The van der Waals surface area contributed by atoms with Crippen LogP contribution in [0.3, 0.4) is 0 Å². The quantitative estimate of drug-likeness (QED) is 0.766. The van der Waals surface area contributed by atoms with E-state index in [-0.39, 0.29) is 5.91 Å². The van der Waals surface area contributed by atoms with Crippen LogP contribution in [-0.4, -0.2) is 25.8 Å². The molecule has 0 saturated carbocycles. The van der Waals surface area contributed by atoms with Gasteiger partial charge < -0.3 is 10.6 Å². The Kier molecular flexibility index (Phi) is 4.24. The lowest BCUT2D eigenvalue weighted by atomic mass is 10.3. The van der Waals surface area contributed by atoms with Crippen molar-refractivity contribution in [3.8, 4) is 0 Å². The largest absolute Gasteiger partial charge is 0.314 e. The van der Waals surface area contributed by atoms with Crippen LogP contribution in [0, 0.1) is 13.8 Å². The number of carbonyl (C=O) groups excluding carboxylic acids is 1. The molecule has 2 N–H and O–H groups in total. The molecular formula is C15H14N6OS. The van der Waals surface area contributed by atoms with Crippen molar-refractivity contribution in [2.45, 2.75) is 13.8 Å². The maximum absolute atomic E-state index is 12.5. The van der Waals surface area contributed by atoms with E-state index < -0.39 is 0 Å². The molecule has 0 aromatic carbocycles. The number of nitrogens with zero attached hydrogens (tertiary/aromatic N) is 4. The second kappa shape index (κ2) is 6.49. The van der Waals surface area contributed by atoms with Crippen LogP contribution in [0.1, 0.15) is 21.2 Å². The molecule has 3 aromatic rings. The van der Waals surface area contributed by atoms with Gasteiger partial charge in [0.25, 0.3) is 5.91 Å². The second-order valence-corrected chi connectivity index (χ2v) is 5.93. The zero-order valence-corrected chi connectivity index (χ0v) is 13.4. The van der Waals surface area contributed by atoms with E-state index >= 15 is 0 Å². The molecule has 0 fully saturated rings. The normalized spacial score (nSPS) is 10.3. The summed E-state index contributed by atoms with van der Waals surface area (Å²) in [5, 5.41) is 7.14. The first-order valence-electron chi connectivity index (χ1n) is 6.88. The highest BCUT2D eigenvalue weighted by molar-refractivity contribution is 7.16. The Morgan fingerprint density at radius 1 is 1.09 bits per heavy atom. The van der Waals surface area contributed by atoms with Gasteiger partial charge in [-0.2, -0.15) is 0 Å². The molecule has 0 aliphatic carbocycles. The minimum atomic E-state index is -0.328. The number of carbonyl (C=O) groups is 1. The molecule has 116 valence electrons. The number of hydrogen-bond donors (Lipinski definition) is 2. The highest BCUT2D eigenvalue weighted by Crippen LogP contribution is 2.27. The lowest BCUT2D eigenvalue weighted by Crippen LogP contribution is -2.15. The van der Waals surface area contributed by atoms with E-state index in [0.717, 1.165) is 10.7 Å². The molecule has 3 rings (SSSR count). The van der Waals surface area contributed by atoms with E-state index in [0.29, 0.717) is 22.5 Å². The first-order chi connectivity index (χ1) is 11.1. The minimum absolute atomic E-state index is 0.295. The van der Waals surface area contributed by atoms with E-state index in [9.17, 15) is 4.79 Å². The Balaban J connectivity index is 1.83. The highest BCUT2D eigenvalue weighted by Gasteiger charge is 2.18. The fourth-order valence-electron chi connectivity index (χ4n) is 1.92. The monoisotopic (exact) mass is 326 g/mol. The van der Waals surface area contributed by atoms with Crippen molar-refractivity contribution >= 4 is 34.0 Å². The number of anilines is 3. The Labute approximate surface area is 136 Å². The van der Waals surface area contributed by atoms with Crippen LogP contribution in [0.15, 0.2) is 36.7 Å². The number of hydrogen-bond acceptors (Lipinski definition) is 7. The lowest BCUT2D eigenvalue weighted by molar-refractivity contribution is 0.102. The van der Waals surface area contributed by atoms with Gasteiger partial charge in [-0.05, 0) is 32.0 Å². The molecule has 3 heterocycles. The van der Waals surface area contributed by atoms with Crippen LogP contribution in [0.5, 0.6) is 0 Å². The van der Waals surface area contributed by atoms with Crippen LogP contribution in [0.4, 0.5) is 16.8 Å². The van der Waals surface area contributed by atoms with Gasteiger partial charge in [0.2, 0.25) is 5.95 Å². The summed E-state index contributed by atoms with van der Waals surface area (Å²) in [6.07, 6.45) is 3.25. The summed E-state index contributed by atoms with van der Waals surface area (Å²) in [5.74, 6) is 0.576. The Hall–Kier alpha value is -2.87. The third kappa shape index (κ3) is 3.67. The van der Waals surface area contributed by atoms with Gasteiger partial charge in [0.1, 0.15) is 10.8 Å². The van der Waals surface area contributed by atoms with Gasteiger partial charge in [0, 0.05) is 18.1 Å². The Morgan fingerprint density at radius 3 is 2.61 bits per heavy atom. The number of thiazole rings is 1. The van der Waals surface area contributed by atoms with Gasteiger partial charge in [-0.3, -0.25) is 4.79 Å². The van der Waals surface area contributed by atoms with Crippen LogP contribution in [0.2, 0.25) is 0 Å². The summed E-state index contributed by atoms with van der Waals surface area (Å²) in [6, 6.07) is 7.15. The van der Waals surface area contributed by atoms with Crippen molar-refractivity contribution in [3.05, 3.63) is 53.1 Å². The van der Waals surface area contributed by atoms with Gasteiger partial charge in [-0.1, -0.05) is 6.07 Å². The van der Waals surface area contributed by atoms with Gasteiger partial charge in [-0.25, -0.2) is 19.9 Å². The third-order valence-electron chi connectivity index (χ3n) is 2.87. The summed E-state index contributed by atoms with van der Waals surface area (Å²) in [6.45, 7) is 3.70. The SMILES string of the molecule is Cc1cccc(NC(=O)c2nc(C)sc2Nc2ncccn2)n1. The maximum atomic E-state index is 12.5. The van der Waals surface area contributed by atoms with Crippen molar-refractivity contribution in [3.63, 3.8) is 0 Å². The number of pyridine rings is 1. The van der Waals surface area contributed by atoms with Gasteiger partial charge in [-0.15, -0.1) is 11.3 Å². The van der Waals surface area contributed by atoms with E-state index in [2.05, 4.69) is 30.6 Å². The van der Waals surface area contributed by atoms with Crippen LogP contribution >= 0.6 is 11.3 Å². The summed E-state index contributed by atoms with van der Waals surface area (Å²) < 4.78 is 0.